The van der Waals surface area contributed by atoms with Gasteiger partial charge in [-0.1, -0.05) is 0 Å². The van der Waals surface area contributed by atoms with Crippen LogP contribution in [0.15, 0.2) is 22.7 Å². The van der Waals surface area contributed by atoms with E-state index in [1.807, 2.05) is 0 Å². The summed E-state index contributed by atoms with van der Waals surface area (Å²) in [7, 11) is -2.48. The number of sulfonamides is 1. The van der Waals surface area contributed by atoms with E-state index in [1.165, 1.54) is 19.2 Å². The third-order valence-corrected chi connectivity index (χ3v) is 3.89. The molecule has 100 valence electrons. The van der Waals surface area contributed by atoms with Crippen LogP contribution in [0.1, 0.15) is 6.42 Å². The van der Waals surface area contributed by atoms with E-state index in [4.69, 9.17) is 0 Å². The van der Waals surface area contributed by atoms with Crippen LogP contribution in [-0.4, -0.2) is 27.2 Å². The van der Waals surface area contributed by atoms with Crippen molar-refractivity contribution in [3.63, 3.8) is 0 Å². The van der Waals surface area contributed by atoms with Crippen molar-refractivity contribution in [1.29, 1.82) is 0 Å². The van der Waals surface area contributed by atoms with Crippen molar-refractivity contribution in [3.05, 3.63) is 28.5 Å². The molecular weight excluding hydrogens is 329 g/mol. The third kappa shape index (κ3) is 4.61. The first-order valence-corrected chi connectivity index (χ1v) is 7.31. The maximum Gasteiger partial charge on any atom is 0.306 e. The highest BCUT2D eigenvalue weighted by Crippen LogP contribution is 2.20. The van der Waals surface area contributed by atoms with Crippen LogP contribution in [0.2, 0.25) is 0 Å². The van der Waals surface area contributed by atoms with Gasteiger partial charge < -0.3 is 4.74 Å². The maximum atomic E-state index is 12.9. The summed E-state index contributed by atoms with van der Waals surface area (Å²) in [6.45, 7) is 0. The van der Waals surface area contributed by atoms with Crippen molar-refractivity contribution in [2.75, 3.05) is 17.6 Å². The molecule has 1 aromatic carbocycles. The average Bonchev–Trinajstić information content (AvgIpc) is 2.30. The van der Waals surface area contributed by atoms with Crippen molar-refractivity contribution in [2.24, 2.45) is 0 Å². The van der Waals surface area contributed by atoms with Crippen LogP contribution in [0, 0.1) is 5.82 Å². The topological polar surface area (TPSA) is 72.5 Å². The molecule has 0 aromatic heterocycles. The lowest BCUT2D eigenvalue weighted by molar-refractivity contribution is -0.140. The Bertz CT molecular complexity index is 547. The Morgan fingerprint density at radius 1 is 1.50 bits per heavy atom. The molecule has 1 aromatic rings. The Morgan fingerprint density at radius 3 is 2.72 bits per heavy atom. The summed E-state index contributed by atoms with van der Waals surface area (Å²) in [5.74, 6) is -1.50. The SMILES string of the molecule is COC(=O)CCS(=O)(=O)Nc1ccc(F)c(Br)c1. The first kappa shape index (κ1) is 14.9. The van der Waals surface area contributed by atoms with E-state index in [0.717, 1.165) is 6.07 Å². The number of rotatable bonds is 5. The van der Waals surface area contributed by atoms with E-state index >= 15 is 0 Å². The summed E-state index contributed by atoms with van der Waals surface area (Å²) >= 11 is 2.94. The first-order chi connectivity index (χ1) is 8.34. The molecule has 0 atom stereocenters. The molecule has 18 heavy (non-hydrogen) atoms. The van der Waals surface area contributed by atoms with Gasteiger partial charge in [-0.15, -0.1) is 0 Å². The predicted octanol–water partition coefficient (Wildman–Crippen LogP) is 1.89. The zero-order chi connectivity index (χ0) is 13.8. The lowest BCUT2D eigenvalue weighted by Gasteiger charge is -2.08. The van der Waals surface area contributed by atoms with E-state index in [2.05, 4.69) is 25.4 Å². The number of hydrogen-bond donors (Lipinski definition) is 1. The zero-order valence-electron chi connectivity index (χ0n) is 9.44. The van der Waals surface area contributed by atoms with Crippen LogP contribution < -0.4 is 4.72 Å². The van der Waals surface area contributed by atoms with Crippen LogP contribution >= 0.6 is 15.9 Å². The number of carbonyl (C=O) groups excluding carboxylic acids is 1. The van der Waals surface area contributed by atoms with Crippen LogP contribution in [0.3, 0.4) is 0 Å². The number of halogens is 2. The lowest BCUT2D eigenvalue weighted by atomic mass is 10.3. The number of hydrogen-bond acceptors (Lipinski definition) is 4. The van der Waals surface area contributed by atoms with E-state index in [1.54, 1.807) is 0 Å². The van der Waals surface area contributed by atoms with Crippen molar-refractivity contribution in [2.45, 2.75) is 6.42 Å². The summed E-state index contributed by atoms with van der Waals surface area (Å²) < 4.78 is 42.8. The summed E-state index contributed by atoms with van der Waals surface area (Å²) in [4.78, 5) is 10.8. The second kappa shape index (κ2) is 6.14. The van der Waals surface area contributed by atoms with Gasteiger partial charge in [-0.3, -0.25) is 9.52 Å². The fraction of sp³-hybridized carbons (Fsp3) is 0.300. The molecule has 0 saturated heterocycles. The fourth-order valence-electron chi connectivity index (χ4n) is 1.11. The van der Waals surface area contributed by atoms with Gasteiger partial charge >= 0.3 is 5.97 Å². The van der Waals surface area contributed by atoms with Gasteiger partial charge in [0.2, 0.25) is 10.0 Å². The summed E-state index contributed by atoms with van der Waals surface area (Å²) in [5.41, 5.74) is 0.216. The Kier molecular flexibility index (Phi) is 5.09. The maximum absolute atomic E-state index is 12.9. The van der Waals surface area contributed by atoms with E-state index in [-0.39, 0.29) is 16.6 Å². The van der Waals surface area contributed by atoms with Gasteiger partial charge in [-0.05, 0) is 34.1 Å². The number of esters is 1. The minimum absolute atomic E-state index is 0.149. The van der Waals surface area contributed by atoms with Gasteiger partial charge in [0.1, 0.15) is 5.82 Å². The van der Waals surface area contributed by atoms with Crippen molar-refractivity contribution < 1.29 is 22.3 Å². The van der Waals surface area contributed by atoms with Crippen molar-refractivity contribution in [1.82, 2.24) is 0 Å². The molecule has 8 heteroatoms. The number of benzene rings is 1. The van der Waals surface area contributed by atoms with Gasteiger partial charge in [0.15, 0.2) is 0 Å². The fourth-order valence-corrected chi connectivity index (χ4v) is 2.51. The van der Waals surface area contributed by atoms with E-state index in [0.29, 0.717) is 0 Å². The smallest absolute Gasteiger partial charge is 0.306 e. The normalized spacial score (nSPS) is 11.1. The van der Waals surface area contributed by atoms with Crippen molar-refractivity contribution >= 4 is 37.6 Å². The molecule has 0 bridgehead atoms. The quantitative estimate of drug-likeness (QED) is 0.831. The standard InChI is InChI=1S/C10H11BrFNO4S/c1-17-10(14)4-5-18(15,16)13-7-2-3-9(12)8(11)6-7/h2-3,6,13H,4-5H2,1H3. The second-order valence-electron chi connectivity index (χ2n) is 3.38. The molecule has 0 unspecified atom stereocenters. The molecule has 1 rings (SSSR count). The Morgan fingerprint density at radius 2 is 2.17 bits per heavy atom. The Hall–Kier alpha value is -1.15. The molecule has 0 heterocycles. The Labute approximate surface area is 113 Å². The molecule has 5 nitrogen and oxygen atoms in total. The summed E-state index contributed by atoms with van der Waals surface area (Å²) in [5, 5.41) is 0. The molecule has 0 fully saturated rings. The molecule has 0 aliphatic heterocycles. The number of nitrogens with one attached hydrogen (secondary N) is 1. The van der Waals surface area contributed by atoms with Crippen LogP contribution in [0.25, 0.3) is 0 Å². The minimum atomic E-state index is -3.66. The molecular formula is C10H11BrFNO4S. The van der Waals surface area contributed by atoms with Crippen molar-refractivity contribution in [3.8, 4) is 0 Å². The monoisotopic (exact) mass is 339 g/mol. The first-order valence-electron chi connectivity index (χ1n) is 4.86. The molecule has 1 N–H and O–H groups in total. The van der Waals surface area contributed by atoms with Crippen LogP contribution in [-0.2, 0) is 19.6 Å². The van der Waals surface area contributed by atoms with E-state index in [9.17, 15) is 17.6 Å². The largest absolute Gasteiger partial charge is 0.469 e. The molecule has 0 saturated carbocycles. The molecule has 0 aliphatic carbocycles. The second-order valence-corrected chi connectivity index (χ2v) is 6.07. The Balaban J connectivity index is 2.70. The highest BCUT2D eigenvalue weighted by atomic mass is 79.9. The number of anilines is 1. The highest BCUT2D eigenvalue weighted by Gasteiger charge is 2.14. The number of ether oxygens (including phenoxy) is 1. The summed E-state index contributed by atoms with van der Waals surface area (Å²) in [6, 6.07) is 3.71. The van der Waals surface area contributed by atoms with Crippen LogP contribution in [0.4, 0.5) is 10.1 Å². The average molecular weight is 340 g/mol. The van der Waals surface area contributed by atoms with Gasteiger partial charge in [0, 0.05) is 5.69 Å². The van der Waals surface area contributed by atoms with Gasteiger partial charge in [-0.2, -0.15) is 0 Å². The zero-order valence-corrected chi connectivity index (χ0v) is 11.8. The van der Waals surface area contributed by atoms with Gasteiger partial charge in [0.25, 0.3) is 0 Å². The predicted molar refractivity (Wildman–Crippen MR) is 68.1 cm³/mol. The van der Waals surface area contributed by atoms with Gasteiger partial charge in [-0.25, -0.2) is 12.8 Å². The minimum Gasteiger partial charge on any atom is -0.469 e. The van der Waals surface area contributed by atoms with E-state index < -0.39 is 27.6 Å². The highest BCUT2D eigenvalue weighted by molar-refractivity contribution is 9.10. The number of methoxy groups -OCH3 is 1. The lowest BCUT2D eigenvalue weighted by Crippen LogP contribution is -2.19. The molecule has 0 radical (unpaired) electrons. The summed E-state index contributed by atoms with van der Waals surface area (Å²) in [6.07, 6.45) is -0.242. The molecule has 0 amide bonds. The molecule has 0 aliphatic rings. The van der Waals surface area contributed by atoms with Crippen LogP contribution in [0.5, 0.6) is 0 Å². The third-order valence-electron chi connectivity index (χ3n) is 2.00. The number of carbonyl (C=O) groups is 1. The molecule has 0 spiro atoms. The van der Waals surface area contributed by atoms with Gasteiger partial charge in [0.05, 0.1) is 23.8 Å².